The summed E-state index contributed by atoms with van der Waals surface area (Å²) < 4.78 is 32.9. The normalized spacial score (nSPS) is 23.5. The molecule has 3 unspecified atom stereocenters. The summed E-state index contributed by atoms with van der Waals surface area (Å²) in [5.41, 5.74) is 1.07. The lowest BCUT2D eigenvalue weighted by atomic mass is 9.89. The summed E-state index contributed by atoms with van der Waals surface area (Å²) in [6.07, 6.45) is -6.22. The average Bonchev–Trinajstić information content (AvgIpc) is 2.74. The molecular weight excluding hydrogens is 532 g/mol. The van der Waals surface area contributed by atoms with Crippen molar-refractivity contribution in [3.63, 3.8) is 0 Å². The molecule has 1 saturated heterocycles. The predicted octanol–water partition coefficient (Wildman–Crippen LogP) is 2.30. The summed E-state index contributed by atoms with van der Waals surface area (Å²) in [7, 11) is 0. The molecule has 1 aliphatic heterocycles. The molecular formula is C23H27BrO11. The minimum Gasteiger partial charge on any atom is -0.463 e. The van der Waals surface area contributed by atoms with Gasteiger partial charge in [0, 0.05) is 45.5 Å². The molecule has 192 valence electrons. The summed E-state index contributed by atoms with van der Waals surface area (Å²) in [6.45, 7) is 5.46. The Bertz CT molecular complexity index is 976. The smallest absolute Gasteiger partial charge is 0.308 e. The van der Waals surface area contributed by atoms with Crippen LogP contribution in [0.5, 0.6) is 5.75 Å². The lowest BCUT2D eigenvalue weighted by Gasteiger charge is -2.44. The highest BCUT2D eigenvalue weighted by Crippen LogP contribution is 2.41. The summed E-state index contributed by atoms with van der Waals surface area (Å²) in [5.74, 6) is -3.33. The first kappa shape index (κ1) is 28.2. The van der Waals surface area contributed by atoms with Crippen molar-refractivity contribution in [2.75, 3.05) is 6.61 Å². The molecule has 1 heterocycles. The monoisotopic (exact) mass is 558 g/mol. The number of carbonyl (C=O) groups is 5. The second kappa shape index (κ2) is 12.6. The van der Waals surface area contributed by atoms with Crippen LogP contribution in [0.15, 0.2) is 18.2 Å². The zero-order valence-corrected chi connectivity index (χ0v) is 21.5. The molecule has 1 aliphatic rings. The fourth-order valence-corrected chi connectivity index (χ4v) is 3.98. The van der Waals surface area contributed by atoms with E-state index in [4.69, 9.17) is 28.4 Å². The van der Waals surface area contributed by atoms with E-state index >= 15 is 0 Å². The maximum Gasteiger partial charge on any atom is 0.308 e. The second-order valence-corrected chi connectivity index (χ2v) is 8.28. The highest BCUT2D eigenvalue weighted by Gasteiger charge is 2.53. The van der Waals surface area contributed by atoms with E-state index in [1.165, 1.54) is 13.8 Å². The standard InChI is InChI=1S/C23H27BrO11/c1-11(25)30-10-19-21(32-13(3)27)23(34-15(5)29)22(33-14(4)28)20(35-19)17-8-16(9-24)6-7-18(17)31-12(2)26/h6-8,19-23H,9-10H2,1-5H3/t19?,20?,21-,22+,23?/m1/s1. The Morgan fingerprint density at radius 1 is 0.800 bits per heavy atom. The van der Waals surface area contributed by atoms with E-state index in [9.17, 15) is 24.0 Å². The van der Waals surface area contributed by atoms with E-state index in [1.807, 2.05) is 0 Å². The third kappa shape index (κ3) is 8.03. The van der Waals surface area contributed by atoms with Crippen LogP contribution in [-0.4, -0.2) is 60.9 Å². The van der Waals surface area contributed by atoms with Crippen molar-refractivity contribution in [1.82, 2.24) is 0 Å². The Hall–Kier alpha value is -2.99. The Balaban J connectivity index is 2.70. The fraction of sp³-hybridized carbons (Fsp3) is 0.522. The lowest BCUT2D eigenvalue weighted by molar-refractivity contribution is -0.254. The number of halogens is 1. The topological polar surface area (TPSA) is 141 Å². The maximum absolute atomic E-state index is 12.0. The molecule has 12 heteroatoms. The van der Waals surface area contributed by atoms with Crippen molar-refractivity contribution >= 4 is 45.8 Å². The molecule has 1 aromatic rings. The van der Waals surface area contributed by atoms with Crippen LogP contribution < -0.4 is 4.74 Å². The number of benzene rings is 1. The third-order valence-corrected chi connectivity index (χ3v) is 5.43. The minimum atomic E-state index is -1.34. The van der Waals surface area contributed by atoms with Crippen molar-refractivity contribution in [3.05, 3.63) is 29.3 Å². The van der Waals surface area contributed by atoms with E-state index in [1.54, 1.807) is 18.2 Å². The van der Waals surface area contributed by atoms with Crippen LogP contribution in [0.2, 0.25) is 0 Å². The number of alkyl halides is 1. The van der Waals surface area contributed by atoms with Gasteiger partial charge >= 0.3 is 29.8 Å². The van der Waals surface area contributed by atoms with Crippen LogP contribution in [-0.2, 0) is 53.0 Å². The van der Waals surface area contributed by atoms with Crippen LogP contribution in [0.25, 0.3) is 0 Å². The van der Waals surface area contributed by atoms with Crippen LogP contribution in [0.4, 0.5) is 0 Å². The molecule has 0 spiro atoms. The van der Waals surface area contributed by atoms with Crippen molar-refractivity contribution in [2.24, 2.45) is 0 Å². The number of esters is 5. The van der Waals surface area contributed by atoms with Crippen LogP contribution >= 0.6 is 15.9 Å². The Labute approximate surface area is 210 Å². The molecule has 1 fully saturated rings. The number of rotatable bonds is 8. The second-order valence-electron chi connectivity index (χ2n) is 7.72. The van der Waals surface area contributed by atoms with Gasteiger partial charge in [-0.15, -0.1) is 0 Å². The van der Waals surface area contributed by atoms with Gasteiger partial charge in [-0.2, -0.15) is 0 Å². The molecule has 0 amide bonds. The highest BCUT2D eigenvalue weighted by atomic mass is 79.9. The minimum absolute atomic E-state index is 0.114. The largest absolute Gasteiger partial charge is 0.463 e. The molecule has 0 saturated carbocycles. The van der Waals surface area contributed by atoms with Gasteiger partial charge in [-0.3, -0.25) is 24.0 Å². The van der Waals surface area contributed by atoms with Gasteiger partial charge in [-0.05, 0) is 17.7 Å². The Morgan fingerprint density at radius 2 is 1.37 bits per heavy atom. The zero-order valence-electron chi connectivity index (χ0n) is 19.9. The SMILES string of the molecule is CC(=O)OCC1OC(c2cc(CBr)ccc2OC(C)=O)[C@H](OC(C)=O)C(OC(C)=O)[C@@H]1OC(C)=O. The van der Waals surface area contributed by atoms with Gasteiger partial charge in [-0.25, -0.2) is 0 Å². The van der Waals surface area contributed by atoms with Gasteiger partial charge < -0.3 is 28.4 Å². The van der Waals surface area contributed by atoms with Crippen LogP contribution in [0.3, 0.4) is 0 Å². The quantitative estimate of drug-likeness (QED) is 0.201. The number of ether oxygens (including phenoxy) is 6. The molecule has 1 aromatic carbocycles. The third-order valence-electron chi connectivity index (χ3n) is 4.78. The first-order chi connectivity index (χ1) is 16.4. The van der Waals surface area contributed by atoms with E-state index in [0.717, 1.165) is 26.3 Å². The van der Waals surface area contributed by atoms with E-state index in [-0.39, 0.29) is 12.4 Å². The van der Waals surface area contributed by atoms with Gasteiger partial charge in [0.1, 0.15) is 24.6 Å². The fourth-order valence-electron chi connectivity index (χ4n) is 3.63. The highest BCUT2D eigenvalue weighted by molar-refractivity contribution is 9.08. The first-order valence-corrected chi connectivity index (χ1v) is 11.7. The average molecular weight is 559 g/mol. The number of hydrogen-bond donors (Lipinski definition) is 0. The summed E-state index contributed by atoms with van der Waals surface area (Å²) in [5, 5.41) is 0.436. The van der Waals surface area contributed by atoms with Gasteiger partial charge in [0.05, 0.1) is 0 Å². The molecule has 5 atom stereocenters. The molecule has 11 nitrogen and oxygen atoms in total. The number of carbonyl (C=O) groups excluding carboxylic acids is 5. The lowest BCUT2D eigenvalue weighted by Crippen LogP contribution is -2.59. The van der Waals surface area contributed by atoms with Crippen LogP contribution in [0, 0.1) is 0 Å². The molecule has 0 aromatic heterocycles. The predicted molar refractivity (Wildman–Crippen MR) is 121 cm³/mol. The van der Waals surface area contributed by atoms with Crippen LogP contribution in [0.1, 0.15) is 51.8 Å². The van der Waals surface area contributed by atoms with E-state index in [0.29, 0.717) is 10.9 Å². The molecule has 0 aliphatic carbocycles. The van der Waals surface area contributed by atoms with Crippen molar-refractivity contribution < 1.29 is 52.4 Å². The van der Waals surface area contributed by atoms with Gasteiger partial charge in [0.25, 0.3) is 0 Å². The van der Waals surface area contributed by atoms with Crippen molar-refractivity contribution in [1.29, 1.82) is 0 Å². The van der Waals surface area contributed by atoms with Gasteiger partial charge in [0.15, 0.2) is 18.3 Å². The summed E-state index contributed by atoms with van der Waals surface area (Å²) >= 11 is 3.36. The molecule has 0 bridgehead atoms. The summed E-state index contributed by atoms with van der Waals surface area (Å²) in [4.78, 5) is 59.1. The molecule has 0 N–H and O–H groups in total. The molecule has 35 heavy (non-hydrogen) atoms. The van der Waals surface area contributed by atoms with E-state index < -0.39 is 60.4 Å². The Kier molecular flexibility index (Phi) is 10.2. The van der Waals surface area contributed by atoms with Gasteiger partial charge in [-0.1, -0.05) is 22.0 Å². The van der Waals surface area contributed by atoms with E-state index in [2.05, 4.69) is 15.9 Å². The zero-order chi connectivity index (χ0) is 26.3. The summed E-state index contributed by atoms with van der Waals surface area (Å²) in [6, 6.07) is 4.91. The van der Waals surface area contributed by atoms with Crippen molar-refractivity contribution in [2.45, 2.75) is 70.5 Å². The first-order valence-electron chi connectivity index (χ1n) is 10.6. The Morgan fingerprint density at radius 3 is 1.89 bits per heavy atom. The molecule has 0 radical (unpaired) electrons. The maximum atomic E-state index is 12.0. The number of hydrogen-bond acceptors (Lipinski definition) is 11. The van der Waals surface area contributed by atoms with Crippen molar-refractivity contribution in [3.8, 4) is 5.75 Å². The molecule has 2 rings (SSSR count). The van der Waals surface area contributed by atoms with Gasteiger partial charge in [0.2, 0.25) is 0 Å².